The normalized spacial score (nSPS) is 29.6. The molecule has 0 bridgehead atoms. The number of carbonyl (C=O) groups is 1. The van der Waals surface area contributed by atoms with Crippen molar-refractivity contribution in [1.82, 2.24) is 0 Å². The number of fused-ring (bicyclic) bond motifs is 2. The maximum Gasteiger partial charge on any atom is 0.203 e. The van der Waals surface area contributed by atoms with Crippen LogP contribution in [0.2, 0.25) is 0 Å². The number of benzene rings is 1. The Morgan fingerprint density at radius 1 is 1.07 bits per heavy atom. The van der Waals surface area contributed by atoms with E-state index in [0.717, 1.165) is 37.0 Å². The van der Waals surface area contributed by atoms with E-state index in [4.69, 9.17) is 9.47 Å². The first-order valence-electron chi connectivity index (χ1n) is 11.0. The molecule has 2 aliphatic rings. The maximum absolute atomic E-state index is 13.0. The fourth-order valence-electron chi connectivity index (χ4n) is 4.57. The minimum Gasteiger partial charge on any atom is -0.464 e. The lowest BCUT2D eigenvalue weighted by Gasteiger charge is -2.46. The van der Waals surface area contributed by atoms with Crippen LogP contribution in [0.3, 0.4) is 0 Å². The molecule has 0 radical (unpaired) electrons. The first kappa shape index (κ1) is 20.4. The molecule has 27 heavy (non-hydrogen) atoms. The van der Waals surface area contributed by atoms with Gasteiger partial charge in [0, 0.05) is 12.3 Å². The third-order valence-corrected chi connectivity index (χ3v) is 6.82. The van der Waals surface area contributed by atoms with E-state index in [1.54, 1.807) is 0 Å². The predicted octanol–water partition coefficient (Wildman–Crippen LogP) is 5.97. The van der Waals surface area contributed by atoms with Crippen molar-refractivity contribution in [2.75, 3.05) is 0 Å². The average molecular weight is 373 g/mol. The Bertz CT molecular complexity index is 666. The first-order valence-corrected chi connectivity index (χ1v) is 11.0. The lowest BCUT2D eigenvalue weighted by atomic mass is 9.74. The van der Waals surface area contributed by atoms with Crippen LogP contribution in [-0.4, -0.2) is 18.2 Å². The van der Waals surface area contributed by atoms with Crippen LogP contribution in [0.5, 0.6) is 5.75 Å². The maximum atomic E-state index is 13.0. The summed E-state index contributed by atoms with van der Waals surface area (Å²) >= 11 is 0. The molecule has 3 rings (SSSR count). The predicted molar refractivity (Wildman–Crippen MR) is 109 cm³/mol. The summed E-state index contributed by atoms with van der Waals surface area (Å²) in [6.07, 6.45) is 6.94. The van der Waals surface area contributed by atoms with E-state index >= 15 is 0 Å². The molecule has 3 nitrogen and oxygen atoms in total. The summed E-state index contributed by atoms with van der Waals surface area (Å²) in [7, 11) is 0. The molecule has 2 heterocycles. The van der Waals surface area contributed by atoms with Gasteiger partial charge >= 0.3 is 0 Å². The average Bonchev–Trinajstić information content (AvgIpc) is 2.67. The highest BCUT2D eigenvalue weighted by Crippen LogP contribution is 2.44. The minimum absolute atomic E-state index is 0.186. The van der Waals surface area contributed by atoms with Gasteiger partial charge in [-0.25, -0.2) is 0 Å². The van der Waals surface area contributed by atoms with E-state index in [9.17, 15) is 4.79 Å². The Morgan fingerprint density at radius 2 is 1.85 bits per heavy atom. The Hall–Kier alpha value is -1.35. The van der Waals surface area contributed by atoms with Crippen LogP contribution in [0.1, 0.15) is 88.2 Å². The highest BCUT2D eigenvalue weighted by Gasteiger charge is 2.44. The molecule has 0 spiro atoms. The molecule has 1 fully saturated rings. The Labute approximate surface area is 164 Å². The second kappa shape index (κ2) is 8.77. The van der Waals surface area contributed by atoms with Gasteiger partial charge in [0.2, 0.25) is 6.29 Å². The SMILES string of the molecule is CCCCCCC(=O)c1cc(CC)cc2c1OC1O[C@H](C)C(C)[C@H](C)C1C2. The van der Waals surface area contributed by atoms with Gasteiger partial charge < -0.3 is 9.47 Å². The van der Waals surface area contributed by atoms with Gasteiger partial charge in [-0.05, 0) is 55.2 Å². The standard InChI is InChI=1S/C24H36O3/c1-6-8-9-10-11-22(25)21-13-18(7-2)12-19-14-20-16(4)15(3)17(5)26-24(20)27-23(19)21/h12-13,15-17,20,24H,6-11,14H2,1-5H3/t15?,16-,17+,20?,24?/m0/s1. The summed E-state index contributed by atoms with van der Waals surface area (Å²) in [6, 6.07) is 4.30. The zero-order chi connectivity index (χ0) is 19.6. The summed E-state index contributed by atoms with van der Waals surface area (Å²) in [5, 5.41) is 0. The first-order chi connectivity index (χ1) is 13.0. The summed E-state index contributed by atoms with van der Waals surface area (Å²) in [6.45, 7) is 11.1. The largest absolute Gasteiger partial charge is 0.464 e. The van der Waals surface area contributed by atoms with Crippen molar-refractivity contribution < 1.29 is 14.3 Å². The molecule has 0 N–H and O–H groups in total. The molecular formula is C24H36O3. The molecule has 1 aromatic rings. The van der Waals surface area contributed by atoms with E-state index < -0.39 is 0 Å². The van der Waals surface area contributed by atoms with E-state index in [1.165, 1.54) is 24.0 Å². The molecule has 0 saturated carbocycles. The van der Waals surface area contributed by atoms with Gasteiger partial charge in [0.25, 0.3) is 0 Å². The van der Waals surface area contributed by atoms with Crippen molar-refractivity contribution in [1.29, 1.82) is 0 Å². The topological polar surface area (TPSA) is 35.5 Å². The molecule has 2 aliphatic heterocycles. The molecule has 0 aromatic heterocycles. The number of hydrogen-bond acceptors (Lipinski definition) is 3. The number of hydrogen-bond donors (Lipinski definition) is 0. The fraction of sp³-hybridized carbons (Fsp3) is 0.708. The van der Waals surface area contributed by atoms with Crippen LogP contribution < -0.4 is 4.74 Å². The molecule has 3 unspecified atom stereocenters. The molecule has 1 aromatic carbocycles. The molecular weight excluding hydrogens is 336 g/mol. The second-order valence-electron chi connectivity index (χ2n) is 8.63. The lowest BCUT2D eigenvalue weighted by Crippen LogP contribution is -2.50. The smallest absolute Gasteiger partial charge is 0.203 e. The van der Waals surface area contributed by atoms with E-state index in [2.05, 4.69) is 46.8 Å². The number of ketones is 1. The van der Waals surface area contributed by atoms with Gasteiger partial charge in [0.1, 0.15) is 5.75 Å². The van der Waals surface area contributed by atoms with Gasteiger partial charge in [-0.1, -0.05) is 53.0 Å². The highest BCUT2D eigenvalue weighted by molar-refractivity contribution is 5.99. The monoisotopic (exact) mass is 372 g/mol. The molecule has 1 saturated heterocycles. The molecule has 3 heteroatoms. The summed E-state index contributed by atoms with van der Waals surface area (Å²) < 4.78 is 12.6. The van der Waals surface area contributed by atoms with Gasteiger partial charge in [-0.2, -0.15) is 0 Å². The van der Waals surface area contributed by atoms with Crippen LogP contribution in [0.15, 0.2) is 12.1 Å². The van der Waals surface area contributed by atoms with Gasteiger partial charge in [-0.15, -0.1) is 0 Å². The summed E-state index contributed by atoms with van der Waals surface area (Å²) in [4.78, 5) is 13.0. The van der Waals surface area contributed by atoms with Gasteiger partial charge in [0.15, 0.2) is 5.78 Å². The minimum atomic E-state index is -0.224. The van der Waals surface area contributed by atoms with Crippen LogP contribution in [0, 0.1) is 17.8 Å². The third-order valence-electron chi connectivity index (χ3n) is 6.82. The highest BCUT2D eigenvalue weighted by atomic mass is 16.7. The van der Waals surface area contributed by atoms with Crippen LogP contribution in [0.25, 0.3) is 0 Å². The third kappa shape index (κ3) is 4.23. The number of ether oxygens (including phenoxy) is 2. The number of carbonyl (C=O) groups excluding carboxylic acids is 1. The number of Topliss-reactive ketones (excluding diaryl/α,β-unsaturated/α-hetero) is 1. The molecule has 5 atom stereocenters. The Kier molecular flexibility index (Phi) is 6.62. The van der Waals surface area contributed by atoms with Gasteiger partial charge in [0.05, 0.1) is 11.7 Å². The second-order valence-corrected chi connectivity index (χ2v) is 8.63. The summed E-state index contributed by atoms with van der Waals surface area (Å²) in [5.74, 6) is 2.45. The van der Waals surface area contributed by atoms with Crippen molar-refractivity contribution in [3.05, 3.63) is 28.8 Å². The summed E-state index contributed by atoms with van der Waals surface area (Å²) in [5.41, 5.74) is 3.21. The van der Waals surface area contributed by atoms with E-state index in [1.807, 2.05) is 0 Å². The lowest BCUT2D eigenvalue weighted by molar-refractivity contribution is -0.216. The molecule has 0 amide bonds. The fourth-order valence-corrected chi connectivity index (χ4v) is 4.57. The van der Waals surface area contributed by atoms with Gasteiger partial charge in [-0.3, -0.25) is 4.79 Å². The Balaban J connectivity index is 1.86. The van der Waals surface area contributed by atoms with Crippen LogP contribution in [-0.2, 0) is 17.6 Å². The number of aryl methyl sites for hydroxylation is 1. The van der Waals surface area contributed by atoms with Crippen LogP contribution >= 0.6 is 0 Å². The van der Waals surface area contributed by atoms with Crippen molar-refractivity contribution in [2.24, 2.45) is 17.8 Å². The van der Waals surface area contributed by atoms with Crippen molar-refractivity contribution >= 4 is 5.78 Å². The van der Waals surface area contributed by atoms with Crippen molar-refractivity contribution in [3.63, 3.8) is 0 Å². The molecule has 0 aliphatic carbocycles. The number of rotatable bonds is 7. The zero-order valence-corrected chi connectivity index (χ0v) is 17.7. The van der Waals surface area contributed by atoms with Crippen molar-refractivity contribution in [3.8, 4) is 5.75 Å². The quantitative estimate of drug-likeness (QED) is 0.437. The van der Waals surface area contributed by atoms with Crippen LogP contribution in [0.4, 0.5) is 0 Å². The number of unbranched alkanes of at least 4 members (excludes halogenated alkanes) is 3. The van der Waals surface area contributed by atoms with E-state index in [-0.39, 0.29) is 18.2 Å². The van der Waals surface area contributed by atoms with E-state index in [0.29, 0.717) is 24.2 Å². The molecule has 150 valence electrons. The Morgan fingerprint density at radius 3 is 2.56 bits per heavy atom. The van der Waals surface area contributed by atoms with Crippen molar-refractivity contribution in [2.45, 2.75) is 92.0 Å². The zero-order valence-electron chi connectivity index (χ0n) is 17.7.